The van der Waals surface area contributed by atoms with Crippen LogP contribution in [0.1, 0.15) is 44.2 Å². The fourth-order valence-electron chi connectivity index (χ4n) is 3.36. The Bertz CT molecular complexity index is 584. The van der Waals surface area contributed by atoms with Gasteiger partial charge in [-0.05, 0) is 50.3 Å². The van der Waals surface area contributed by atoms with Crippen LogP contribution in [0.2, 0.25) is 0 Å². The lowest BCUT2D eigenvalue weighted by molar-refractivity contribution is -0.142. The van der Waals surface area contributed by atoms with Gasteiger partial charge in [0.15, 0.2) is 11.5 Å². The second-order valence-corrected chi connectivity index (χ2v) is 7.15. The van der Waals surface area contributed by atoms with Crippen molar-refractivity contribution >= 4 is 21.9 Å². The van der Waals surface area contributed by atoms with Gasteiger partial charge in [-0.1, -0.05) is 15.9 Å². The number of hydrogen-bond donors (Lipinski definition) is 2. The lowest BCUT2D eigenvalue weighted by Crippen LogP contribution is -2.36. The molecule has 1 heterocycles. The molecule has 1 atom stereocenters. The maximum absolute atomic E-state index is 11.0. The molecule has 0 aromatic heterocycles. The quantitative estimate of drug-likeness (QED) is 0.832. The van der Waals surface area contributed by atoms with Crippen LogP contribution in [0.25, 0.3) is 0 Å². The van der Waals surface area contributed by atoms with E-state index in [1.165, 1.54) is 0 Å². The second kappa shape index (κ2) is 7.09. The molecular weight excluding hydrogens is 362 g/mol. The van der Waals surface area contributed by atoms with Gasteiger partial charge in [0, 0.05) is 16.6 Å². The molecule has 5 nitrogen and oxygen atoms in total. The monoisotopic (exact) mass is 383 g/mol. The van der Waals surface area contributed by atoms with Crippen molar-refractivity contribution in [2.45, 2.75) is 44.7 Å². The molecule has 2 aliphatic rings. The third-order valence-corrected chi connectivity index (χ3v) is 5.38. The molecule has 2 N–H and O–H groups in total. The van der Waals surface area contributed by atoms with Crippen LogP contribution in [0.3, 0.4) is 0 Å². The predicted octanol–water partition coefficient (Wildman–Crippen LogP) is 3.51. The highest BCUT2D eigenvalue weighted by atomic mass is 79.9. The van der Waals surface area contributed by atoms with Crippen molar-refractivity contribution < 1.29 is 19.4 Å². The smallest absolute Gasteiger partial charge is 0.306 e. The minimum Gasteiger partial charge on any atom is -0.486 e. The molecule has 1 saturated carbocycles. The zero-order chi connectivity index (χ0) is 16.4. The highest BCUT2D eigenvalue weighted by molar-refractivity contribution is 9.10. The molecule has 1 unspecified atom stereocenters. The lowest BCUT2D eigenvalue weighted by Gasteiger charge is -2.30. The zero-order valence-corrected chi connectivity index (χ0v) is 14.8. The Kier molecular flexibility index (Phi) is 5.11. The van der Waals surface area contributed by atoms with Crippen LogP contribution in [-0.2, 0) is 4.79 Å². The number of ether oxygens (including phenoxy) is 2. The number of nitrogens with one attached hydrogen (secondary N) is 1. The Balaban J connectivity index is 1.64. The summed E-state index contributed by atoms with van der Waals surface area (Å²) in [7, 11) is 0. The van der Waals surface area contributed by atoms with Crippen LogP contribution in [0.15, 0.2) is 16.6 Å². The van der Waals surface area contributed by atoms with Crippen LogP contribution < -0.4 is 14.8 Å². The summed E-state index contributed by atoms with van der Waals surface area (Å²) in [6.45, 7) is 3.29. The highest BCUT2D eigenvalue weighted by Crippen LogP contribution is 2.38. The molecule has 1 aromatic carbocycles. The molecule has 0 saturated heterocycles. The van der Waals surface area contributed by atoms with Crippen molar-refractivity contribution in [3.63, 3.8) is 0 Å². The van der Waals surface area contributed by atoms with E-state index in [1.807, 2.05) is 12.1 Å². The normalized spacial score (nSPS) is 25.0. The number of carbonyl (C=O) groups is 1. The van der Waals surface area contributed by atoms with Crippen molar-refractivity contribution in [2.75, 3.05) is 13.2 Å². The number of aliphatic carboxylic acids is 1. The average molecular weight is 384 g/mol. The van der Waals surface area contributed by atoms with Crippen molar-refractivity contribution in [2.24, 2.45) is 5.92 Å². The number of carboxylic acids is 1. The van der Waals surface area contributed by atoms with Crippen LogP contribution >= 0.6 is 15.9 Å². The van der Waals surface area contributed by atoms with Gasteiger partial charge in [0.25, 0.3) is 0 Å². The lowest BCUT2D eigenvalue weighted by atomic mass is 9.85. The van der Waals surface area contributed by atoms with E-state index in [0.29, 0.717) is 19.3 Å². The van der Waals surface area contributed by atoms with E-state index in [0.717, 1.165) is 47.2 Å². The predicted molar refractivity (Wildman–Crippen MR) is 90.1 cm³/mol. The maximum Gasteiger partial charge on any atom is 0.306 e. The molecule has 0 amide bonds. The van der Waals surface area contributed by atoms with E-state index < -0.39 is 5.97 Å². The van der Waals surface area contributed by atoms with Gasteiger partial charge < -0.3 is 19.9 Å². The van der Waals surface area contributed by atoms with Gasteiger partial charge in [-0.2, -0.15) is 0 Å². The number of halogens is 1. The topological polar surface area (TPSA) is 67.8 Å². The average Bonchev–Trinajstić information content (AvgIpc) is 2.54. The number of fused-ring (bicyclic) bond motifs is 1. The first-order chi connectivity index (χ1) is 11.0. The van der Waals surface area contributed by atoms with Gasteiger partial charge in [-0.25, -0.2) is 0 Å². The number of benzene rings is 1. The summed E-state index contributed by atoms with van der Waals surface area (Å²) in [5, 5.41) is 12.7. The number of rotatable bonds is 4. The van der Waals surface area contributed by atoms with Gasteiger partial charge in [-0.3, -0.25) is 4.79 Å². The van der Waals surface area contributed by atoms with E-state index >= 15 is 0 Å². The Hall–Kier alpha value is -1.27. The van der Waals surface area contributed by atoms with Crippen molar-refractivity contribution in [1.82, 2.24) is 5.32 Å². The van der Waals surface area contributed by atoms with Gasteiger partial charge in [-0.15, -0.1) is 0 Å². The Morgan fingerprint density at radius 2 is 1.83 bits per heavy atom. The summed E-state index contributed by atoms with van der Waals surface area (Å²) < 4.78 is 12.3. The van der Waals surface area contributed by atoms with Crippen molar-refractivity contribution in [3.8, 4) is 11.5 Å². The summed E-state index contributed by atoms with van der Waals surface area (Å²) >= 11 is 3.62. The Morgan fingerprint density at radius 1 is 1.22 bits per heavy atom. The van der Waals surface area contributed by atoms with Gasteiger partial charge in [0.2, 0.25) is 0 Å². The Morgan fingerprint density at radius 3 is 2.43 bits per heavy atom. The molecule has 6 heteroatoms. The number of hydrogen-bond acceptors (Lipinski definition) is 4. The van der Waals surface area contributed by atoms with Gasteiger partial charge >= 0.3 is 5.97 Å². The SMILES string of the molecule is CC(NC1CCC(C(=O)O)CC1)c1cc2c(cc1Br)OCCO2. The maximum atomic E-state index is 11.0. The largest absolute Gasteiger partial charge is 0.486 e. The molecular formula is C17H22BrNO4. The summed E-state index contributed by atoms with van der Waals surface area (Å²) in [6.07, 6.45) is 3.32. The molecule has 3 rings (SSSR count). The Labute approximate surface area is 144 Å². The third kappa shape index (κ3) is 3.80. The highest BCUT2D eigenvalue weighted by Gasteiger charge is 2.27. The standard InChI is InChI=1S/C17H22BrNO4/c1-10(19-12-4-2-11(3-5-12)17(20)21)13-8-15-16(9-14(13)18)23-7-6-22-15/h8-12,19H,2-7H2,1H3,(H,20,21). The van der Waals surface area contributed by atoms with Crippen LogP contribution in [0.5, 0.6) is 11.5 Å². The fourth-order valence-corrected chi connectivity index (χ4v) is 4.03. The fraction of sp³-hybridized carbons (Fsp3) is 0.588. The van der Waals surface area contributed by atoms with Crippen LogP contribution in [0, 0.1) is 5.92 Å². The molecule has 23 heavy (non-hydrogen) atoms. The molecule has 126 valence electrons. The molecule has 0 radical (unpaired) electrons. The summed E-state index contributed by atoms with van der Waals surface area (Å²) in [4.78, 5) is 11.0. The summed E-state index contributed by atoms with van der Waals surface area (Å²) in [5.41, 5.74) is 1.13. The first-order valence-electron chi connectivity index (χ1n) is 8.12. The number of carboxylic acid groups (broad SMARTS) is 1. The zero-order valence-electron chi connectivity index (χ0n) is 13.2. The first-order valence-corrected chi connectivity index (χ1v) is 8.92. The molecule has 1 fully saturated rings. The molecule has 1 aromatic rings. The molecule has 1 aliphatic heterocycles. The van der Waals surface area contributed by atoms with Gasteiger partial charge in [0.05, 0.1) is 5.92 Å². The van der Waals surface area contributed by atoms with E-state index in [-0.39, 0.29) is 12.0 Å². The molecule has 0 bridgehead atoms. The van der Waals surface area contributed by atoms with E-state index in [1.54, 1.807) is 0 Å². The summed E-state index contributed by atoms with van der Waals surface area (Å²) in [5.74, 6) is 0.731. The molecule has 0 spiro atoms. The van der Waals surface area contributed by atoms with Crippen LogP contribution in [0.4, 0.5) is 0 Å². The first kappa shape index (κ1) is 16.6. The van der Waals surface area contributed by atoms with Crippen molar-refractivity contribution in [1.29, 1.82) is 0 Å². The van der Waals surface area contributed by atoms with E-state index in [2.05, 4.69) is 28.2 Å². The molecule has 1 aliphatic carbocycles. The third-order valence-electron chi connectivity index (χ3n) is 4.69. The minimum absolute atomic E-state index is 0.159. The van der Waals surface area contributed by atoms with E-state index in [4.69, 9.17) is 14.6 Å². The van der Waals surface area contributed by atoms with Gasteiger partial charge in [0.1, 0.15) is 13.2 Å². The minimum atomic E-state index is -0.661. The van der Waals surface area contributed by atoms with E-state index in [9.17, 15) is 4.79 Å². The second-order valence-electron chi connectivity index (χ2n) is 6.29. The summed E-state index contributed by atoms with van der Waals surface area (Å²) in [6, 6.07) is 4.51. The van der Waals surface area contributed by atoms with Crippen LogP contribution in [-0.4, -0.2) is 30.3 Å². The van der Waals surface area contributed by atoms with Crippen molar-refractivity contribution in [3.05, 3.63) is 22.2 Å².